The van der Waals surface area contributed by atoms with E-state index in [0.717, 1.165) is 32.1 Å². The molecule has 0 unspecified atom stereocenters. The van der Waals surface area contributed by atoms with Crippen molar-refractivity contribution in [1.82, 2.24) is 0 Å². The maximum atomic E-state index is 12.0. The number of halogens is 3. The molecule has 0 aromatic carbocycles. The molecule has 0 atom stereocenters. The first kappa shape index (κ1) is 14.0. The quantitative estimate of drug-likeness (QED) is 0.438. The van der Waals surface area contributed by atoms with E-state index in [4.69, 9.17) is 4.74 Å². The molecule has 0 radical (unpaired) electrons. The molecular weight excluding hydrogens is 237 g/mol. The number of carbonyl (C=O) groups excluding carboxylic acids is 1. The summed E-state index contributed by atoms with van der Waals surface area (Å²) in [6, 6.07) is 0. The second kappa shape index (κ2) is 6.05. The number of carbonyl (C=O) groups is 1. The minimum atomic E-state index is -4.75. The van der Waals surface area contributed by atoms with Crippen molar-refractivity contribution in [2.75, 3.05) is 6.79 Å². The molecule has 6 heteroatoms. The van der Waals surface area contributed by atoms with E-state index in [1.165, 1.54) is 0 Å². The zero-order chi connectivity index (χ0) is 12.9. The molecule has 98 valence electrons. The summed E-state index contributed by atoms with van der Waals surface area (Å²) < 4.78 is 45.6. The summed E-state index contributed by atoms with van der Waals surface area (Å²) in [5.74, 6) is -1.48. The third-order valence-corrected chi connectivity index (χ3v) is 2.63. The van der Waals surface area contributed by atoms with Crippen molar-refractivity contribution < 1.29 is 27.4 Å². The highest BCUT2D eigenvalue weighted by Crippen LogP contribution is 2.25. The van der Waals surface area contributed by atoms with E-state index >= 15 is 0 Å². The second-order valence-electron chi connectivity index (χ2n) is 3.95. The molecule has 1 aliphatic carbocycles. The largest absolute Gasteiger partial charge is 0.435 e. The van der Waals surface area contributed by atoms with Crippen molar-refractivity contribution >= 4 is 5.97 Å². The van der Waals surface area contributed by atoms with Gasteiger partial charge in [-0.2, -0.15) is 13.2 Å². The van der Waals surface area contributed by atoms with E-state index < -0.39 is 24.5 Å². The smallest absolute Gasteiger partial charge is 0.422 e. The Morgan fingerprint density at radius 3 is 2.35 bits per heavy atom. The standard InChI is InChI=1S/C11H15F3O3/c1-8(11(12,13)14)10(15)17-7-16-9-5-3-2-4-6-9/h9H,1-7H2. The molecule has 0 heterocycles. The molecule has 1 saturated carbocycles. The van der Waals surface area contributed by atoms with Crippen LogP contribution < -0.4 is 0 Å². The van der Waals surface area contributed by atoms with Crippen LogP contribution >= 0.6 is 0 Å². The minimum Gasteiger partial charge on any atom is -0.435 e. The lowest BCUT2D eigenvalue weighted by molar-refractivity contribution is -0.166. The van der Waals surface area contributed by atoms with Gasteiger partial charge in [-0.3, -0.25) is 0 Å². The summed E-state index contributed by atoms with van der Waals surface area (Å²) in [4.78, 5) is 10.9. The predicted molar refractivity (Wildman–Crippen MR) is 54.1 cm³/mol. The van der Waals surface area contributed by atoms with E-state index in [2.05, 4.69) is 11.3 Å². The number of hydrogen-bond donors (Lipinski definition) is 0. The highest BCUT2D eigenvalue weighted by atomic mass is 19.4. The Bertz CT molecular complexity index is 280. The zero-order valence-corrected chi connectivity index (χ0v) is 9.39. The Hall–Kier alpha value is -1.04. The fourth-order valence-electron chi connectivity index (χ4n) is 1.62. The van der Waals surface area contributed by atoms with Gasteiger partial charge >= 0.3 is 12.1 Å². The summed E-state index contributed by atoms with van der Waals surface area (Å²) in [5.41, 5.74) is -1.51. The molecule has 3 nitrogen and oxygen atoms in total. The van der Waals surface area contributed by atoms with Crippen LogP contribution in [-0.4, -0.2) is 25.0 Å². The number of hydrogen-bond acceptors (Lipinski definition) is 3. The minimum absolute atomic E-state index is 0.0179. The van der Waals surface area contributed by atoms with E-state index in [1.807, 2.05) is 0 Å². The van der Waals surface area contributed by atoms with E-state index in [0.29, 0.717) is 0 Å². The van der Waals surface area contributed by atoms with Gasteiger partial charge in [0.2, 0.25) is 0 Å². The van der Waals surface area contributed by atoms with Crippen molar-refractivity contribution in [3.63, 3.8) is 0 Å². The van der Waals surface area contributed by atoms with Crippen LogP contribution in [0.2, 0.25) is 0 Å². The van der Waals surface area contributed by atoms with Crippen LogP contribution in [0.25, 0.3) is 0 Å². The van der Waals surface area contributed by atoms with Gasteiger partial charge < -0.3 is 9.47 Å². The van der Waals surface area contributed by atoms with Gasteiger partial charge in [-0.05, 0) is 12.8 Å². The molecule has 0 saturated heterocycles. The lowest BCUT2D eigenvalue weighted by Gasteiger charge is -2.21. The fraction of sp³-hybridized carbons (Fsp3) is 0.727. The van der Waals surface area contributed by atoms with E-state index in [1.54, 1.807) is 0 Å². The van der Waals surface area contributed by atoms with Crippen molar-refractivity contribution in [2.24, 2.45) is 0 Å². The molecule has 1 fully saturated rings. The molecule has 0 aliphatic heterocycles. The van der Waals surface area contributed by atoms with Crippen LogP contribution in [0.1, 0.15) is 32.1 Å². The van der Waals surface area contributed by atoms with Crippen LogP contribution in [0.5, 0.6) is 0 Å². The first-order chi connectivity index (χ1) is 7.91. The molecule has 0 N–H and O–H groups in total. The highest BCUT2D eigenvalue weighted by Gasteiger charge is 2.38. The molecule has 1 rings (SSSR count). The van der Waals surface area contributed by atoms with Gasteiger partial charge in [0.05, 0.1) is 6.10 Å². The Labute approximate surface area is 97.6 Å². The second-order valence-corrected chi connectivity index (χ2v) is 3.95. The molecule has 1 aliphatic rings. The molecular formula is C11H15F3O3. The van der Waals surface area contributed by atoms with Gasteiger partial charge in [-0.1, -0.05) is 25.8 Å². The summed E-state index contributed by atoms with van der Waals surface area (Å²) in [6.07, 6.45) is 0.166. The predicted octanol–water partition coefficient (Wildman–Crippen LogP) is 2.95. The summed E-state index contributed by atoms with van der Waals surface area (Å²) in [5, 5.41) is 0. The van der Waals surface area contributed by atoms with Gasteiger partial charge in [0.1, 0.15) is 5.57 Å². The number of esters is 1. The third-order valence-electron chi connectivity index (χ3n) is 2.63. The van der Waals surface area contributed by atoms with Crippen molar-refractivity contribution in [3.8, 4) is 0 Å². The molecule has 0 aromatic heterocycles. The lowest BCUT2D eigenvalue weighted by Crippen LogP contribution is -2.24. The van der Waals surface area contributed by atoms with Crippen LogP contribution in [0, 0.1) is 0 Å². The van der Waals surface area contributed by atoms with Gasteiger partial charge in [-0.25, -0.2) is 4.79 Å². The number of ether oxygens (including phenoxy) is 2. The van der Waals surface area contributed by atoms with Gasteiger partial charge in [0.15, 0.2) is 6.79 Å². The van der Waals surface area contributed by atoms with Gasteiger partial charge in [-0.15, -0.1) is 0 Å². The average Bonchev–Trinajstić information content (AvgIpc) is 2.28. The van der Waals surface area contributed by atoms with E-state index in [9.17, 15) is 18.0 Å². The topological polar surface area (TPSA) is 35.5 Å². The van der Waals surface area contributed by atoms with Crippen LogP contribution in [0.4, 0.5) is 13.2 Å². The van der Waals surface area contributed by atoms with Crippen LogP contribution in [0.3, 0.4) is 0 Å². The fourth-order valence-corrected chi connectivity index (χ4v) is 1.62. The van der Waals surface area contributed by atoms with Crippen LogP contribution in [0.15, 0.2) is 12.2 Å². The average molecular weight is 252 g/mol. The number of rotatable bonds is 4. The van der Waals surface area contributed by atoms with Gasteiger partial charge in [0.25, 0.3) is 0 Å². The molecule has 0 aromatic rings. The van der Waals surface area contributed by atoms with Crippen molar-refractivity contribution in [3.05, 3.63) is 12.2 Å². The van der Waals surface area contributed by atoms with Crippen LogP contribution in [-0.2, 0) is 14.3 Å². The van der Waals surface area contributed by atoms with E-state index in [-0.39, 0.29) is 6.10 Å². The lowest BCUT2D eigenvalue weighted by atomic mass is 9.98. The first-order valence-corrected chi connectivity index (χ1v) is 5.46. The summed E-state index contributed by atoms with van der Waals surface area (Å²) in [6.45, 7) is 2.19. The SMILES string of the molecule is C=C(C(=O)OCOC1CCCCC1)C(F)(F)F. The maximum absolute atomic E-state index is 12.0. The Kier molecular flexibility index (Phi) is 4.99. The van der Waals surface area contributed by atoms with Crippen molar-refractivity contribution in [2.45, 2.75) is 44.4 Å². The Morgan fingerprint density at radius 1 is 1.24 bits per heavy atom. The Morgan fingerprint density at radius 2 is 1.82 bits per heavy atom. The Balaban J connectivity index is 2.22. The van der Waals surface area contributed by atoms with Crippen molar-refractivity contribution in [1.29, 1.82) is 0 Å². The molecule has 0 bridgehead atoms. The highest BCUT2D eigenvalue weighted by molar-refractivity contribution is 5.89. The maximum Gasteiger partial charge on any atom is 0.422 e. The molecule has 17 heavy (non-hydrogen) atoms. The summed E-state index contributed by atoms with van der Waals surface area (Å²) >= 11 is 0. The molecule has 0 amide bonds. The van der Waals surface area contributed by atoms with Gasteiger partial charge in [0, 0.05) is 0 Å². The number of alkyl halides is 3. The summed E-state index contributed by atoms with van der Waals surface area (Å²) in [7, 11) is 0. The normalized spacial score (nSPS) is 17.8. The molecule has 0 spiro atoms. The third kappa shape index (κ3) is 4.77. The monoisotopic (exact) mass is 252 g/mol. The first-order valence-electron chi connectivity index (χ1n) is 5.46. The zero-order valence-electron chi connectivity index (χ0n) is 9.39.